The van der Waals surface area contributed by atoms with Gasteiger partial charge < -0.3 is 15.3 Å². The van der Waals surface area contributed by atoms with Crippen molar-refractivity contribution in [3.8, 4) is 5.88 Å². The highest BCUT2D eigenvalue weighted by Gasteiger charge is 2.19. The average molecular weight is 330 g/mol. The Morgan fingerprint density at radius 1 is 1.25 bits per heavy atom. The molecule has 0 radical (unpaired) electrons. The second kappa shape index (κ2) is 7.44. The lowest BCUT2D eigenvalue weighted by atomic mass is 10.1. The summed E-state index contributed by atoms with van der Waals surface area (Å²) in [7, 11) is 0. The lowest BCUT2D eigenvalue weighted by Gasteiger charge is -2.26. The largest absolute Gasteiger partial charge is 0.493 e. The number of carbonyl (C=O) groups is 1. The second-order valence-electron chi connectivity index (χ2n) is 6.06. The van der Waals surface area contributed by atoms with Crippen molar-refractivity contribution in [3.05, 3.63) is 40.3 Å². The smallest absolute Gasteiger partial charge is 0.274 e. The first-order chi connectivity index (χ1) is 11.7. The third kappa shape index (κ3) is 3.56. The molecule has 0 aliphatic carbocycles. The van der Waals surface area contributed by atoms with Gasteiger partial charge in [0.1, 0.15) is 5.65 Å². The summed E-state index contributed by atoms with van der Waals surface area (Å²) in [5.41, 5.74) is -0.565. The van der Waals surface area contributed by atoms with Crippen LogP contribution < -0.4 is 10.9 Å². The molecule has 0 aromatic carbocycles. The van der Waals surface area contributed by atoms with Crippen molar-refractivity contribution in [2.75, 3.05) is 26.2 Å². The number of pyridine rings is 1. The fourth-order valence-corrected chi connectivity index (χ4v) is 3.05. The Labute approximate surface area is 139 Å². The Bertz CT molecular complexity index is 781. The molecule has 1 saturated heterocycles. The predicted molar refractivity (Wildman–Crippen MR) is 90.4 cm³/mol. The maximum absolute atomic E-state index is 12.4. The van der Waals surface area contributed by atoms with E-state index in [4.69, 9.17) is 0 Å². The predicted octanol–water partition coefficient (Wildman–Crippen LogP) is 1.01. The van der Waals surface area contributed by atoms with E-state index >= 15 is 0 Å². The molecule has 2 aromatic heterocycles. The van der Waals surface area contributed by atoms with Gasteiger partial charge in [0.2, 0.25) is 5.88 Å². The van der Waals surface area contributed by atoms with Crippen LogP contribution >= 0.6 is 0 Å². The summed E-state index contributed by atoms with van der Waals surface area (Å²) in [5.74, 6) is -1.11. The zero-order valence-corrected chi connectivity index (χ0v) is 13.6. The maximum Gasteiger partial charge on any atom is 0.274 e. The highest BCUT2D eigenvalue weighted by molar-refractivity contribution is 5.96. The molecule has 0 spiro atoms. The van der Waals surface area contributed by atoms with E-state index in [1.807, 2.05) is 0 Å². The third-order valence-corrected chi connectivity index (χ3v) is 4.33. The van der Waals surface area contributed by atoms with Crippen LogP contribution in [0.2, 0.25) is 0 Å². The molecule has 0 saturated carbocycles. The molecule has 0 atom stereocenters. The van der Waals surface area contributed by atoms with Crippen molar-refractivity contribution in [3.63, 3.8) is 0 Å². The topological polar surface area (TPSA) is 86.9 Å². The number of nitrogens with zero attached hydrogens (tertiary/aromatic N) is 3. The molecule has 7 heteroatoms. The minimum atomic E-state index is -0.582. The molecule has 0 unspecified atom stereocenters. The molecular weight excluding hydrogens is 308 g/mol. The first kappa shape index (κ1) is 16.4. The summed E-state index contributed by atoms with van der Waals surface area (Å²) < 4.78 is 1.25. The molecule has 1 amide bonds. The molecule has 1 aliphatic heterocycles. The first-order valence-electron chi connectivity index (χ1n) is 8.38. The molecular formula is C17H22N4O3. The first-order valence-corrected chi connectivity index (χ1v) is 8.38. The number of nitrogens with one attached hydrogen (secondary N) is 1. The van der Waals surface area contributed by atoms with Crippen LogP contribution in [-0.4, -0.2) is 51.5 Å². The van der Waals surface area contributed by atoms with Gasteiger partial charge in [0.25, 0.3) is 11.5 Å². The van der Waals surface area contributed by atoms with E-state index in [1.165, 1.54) is 29.9 Å². The van der Waals surface area contributed by atoms with Crippen LogP contribution in [0.5, 0.6) is 5.88 Å². The van der Waals surface area contributed by atoms with Gasteiger partial charge in [0.15, 0.2) is 5.56 Å². The van der Waals surface area contributed by atoms with Gasteiger partial charge in [0, 0.05) is 12.7 Å². The highest BCUT2D eigenvalue weighted by atomic mass is 16.3. The number of carbonyl (C=O) groups excluding carboxylic acids is 1. The van der Waals surface area contributed by atoms with Gasteiger partial charge >= 0.3 is 0 Å². The van der Waals surface area contributed by atoms with Crippen LogP contribution in [0.4, 0.5) is 0 Å². The SMILES string of the molecule is O=C(NCCCN1CCCCC1)c1c(O)nc2ccccn2c1=O. The number of rotatable bonds is 5. The van der Waals surface area contributed by atoms with E-state index in [0.29, 0.717) is 12.2 Å². The number of hydrogen-bond donors (Lipinski definition) is 2. The summed E-state index contributed by atoms with van der Waals surface area (Å²) in [6.45, 7) is 3.63. The van der Waals surface area contributed by atoms with E-state index in [2.05, 4.69) is 15.2 Å². The number of piperidine rings is 1. The molecule has 2 N–H and O–H groups in total. The molecule has 2 aromatic rings. The van der Waals surface area contributed by atoms with Gasteiger partial charge in [-0.05, 0) is 51.0 Å². The minimum absolute atomic E-state index is 0.307. The van der Waals surface area contributed by atoms with Crippen LogP contribution in [0.1, 0.15) is 36.0 Å². The van der Waals surface area contributed by atoms with Gasteiger partial charge in [-0.25, -0.2) is 0 Å². The van der Waals surface area contributed by atoms with E-state index in [9.17, 15) is 14.7 Å². The van der Waals surface area contributed by atoms with E-state index in [-0.39, 0.29) is 5.56 Å². The van der Waals surface area contributed by atoms with Gasteiger partial charge in [-0.3, -0.25) is 14.0 Å². The Balaban J connectivity index is 1.62. The summed E-state index contributed by atoms with van der Waals surface area (Å²) in [5, 5.41) is 12.6. The van der Waals surface area contributed by atoms with Crippen LogP contribution in [0.15, 0.2) is 29.2 Å². The fraction of sp³-hybridized carbons (Fsp3) is 0.471. The van der Waals surface area contributed by atoms with Gasteiger partial charge in [-0.2, -0.15) is 4.98 Å². The Morgan fingerprint density at radius 2 is 2.04 bits per heavy atom. The van der Waals surface area contributed by atoms with Crippen molar-refractivity contribution < 1.29 is 9.90 Å². The minimum Gasteiger partial charge on any atom is -0.493 e. The number of aromatic nitrogens is 2. The monoisotopic (exact) mass is 330 g/mol. The highest BCUT2D eigenvalue weighted by Crippen LogP contribution is 2.11. The number of fused-ring (bicyclic) bond motifs is 1. The number of likely N-dealkylation sites (tertiary alicyclic amines) is 1. The van der Waals surface area contributed by atoms with Crippen LogP contribution in [0.25, 0.3) is 5.65 Å². The molecule has 3 heterocycles. The zero-order valence-electron chi connectivity index (χ0n) is 13.6. The van der Waals surface area contributed by atoms with Crippen molar-refractivity contribution >= 4 is 11.6 Å². The Kier molecular flexibility index (Phi) is 5.10. The maximum atomic E-state index is 12.4. The van der Waals surface area contributed by atoms with Gasteiger partial charge in [0.05, 0.1) is 0 Å². The third-order valence-electron chi connectivity index (χ3n) is 4.33. The summed E-state index contributed by atoms with van der Waals surface area (Å²) in [4.78, 5) is 30.9. The molecule has 0 bridgehead atoms. The van der Waals surface area contributed by atoms with E-state index in [0.717, 1.165) is 26.1 Å². The van der Waals surface area contributed by atoms with Crippen molar-refractivity contribution in [2.24, 2.45) is 0 Å². The number of amides is 1. The number of aromatic hydroxyl groups is 1. The molecule has 7 nitrogen and oxygen atoms in total. The van der Waals surface area contributed by atoms with Crippen LogP contribution in [0.3, 0.4) is 0 Å². The molecule has 3 rings (SSSR count). The Hall–Kier alpha value is -2.41. The van der Waals surface area contributed by atoms with Gasteiger partial charge in [-0.1, -0.05) is 12.5 Å². The van der Waals surface area contributed by atoms with Crippen LogP contribution in [-0.2, 0) is 0 Å². The van der Waals surface area contributed by atoms with E-state index < -0.39 is 17.3 Å². The second-order valence-corrected chi connectivity index (χ2v) is 6.06. The summed E-state index contributed by atoms with van der Waals surface area (Å²) in [6, 6.07) is 4.98. The average Bonchev–Trinajstić information content (AvgIpc) is 2.60. The summed E-state index contributed by atoms with van der Waals surface area (Å²) in [6.07, 6.45) is 6.11. The quantitative estimate of drug-likeness (QED) is 0.799. The molecule has 24 heavy (non-hydrogen) atoms. The summed E-state index contributed by atoms with van der Waals surface area (Å²) >= 11 is 0. The fourth-order valence-electron chi connectivity index (χ4n) is 3.05. The lowest BCUT2D eigenvalue weighted by Crippen LogP contribution is -2.35. The number of hydrogen-bond acceptors (Lipinski definition) is 5. The Morgan fingerprint density at radius 3 is 2.83 bits per heavy atom. The molecule has 1 fully saturated rings. The normalized spacial score (nSPS) is 15.5. The van der Waals surface area contributed by atoms with Gasteiger partial charge in [-0.15, -0.1) is 0 Å². The molecule has 128 valence electrons. The van der Waals surface area contributed by atoms with Crippen molar-refractivity contribution in [1.82, 2.24) is 19.6 Å². The lowest BCUT2D eigenvalue weighted by molar-refractivity contribution is 0.0946. The van der Waals surface area contributed by atoms with Crippen molar-refractivity contribution in [2.45, 2.75) is 25.7 Å². The molecule has 1 aliphatic rings. The standard InChI is InChI=1S/C17H22N4O3/c22-15(18-8-6-11-20-9-3-1-4-10-20)14-16(23)19-13-7-2-5-12-21(13)17(14)24/h2,5,7,12,23H,1,3-4,6,8-11H2,(H,18,22). The van der Waals surface area contributed by atoms with E-state index in [1.54, 1.807) is 18.2 Å². The zero-order chi connectivity index (χ0) is 16.9. The van der Waals surface area contributed by atoms with Crippen LogP contribution in [0, 0.1) is 0 Å². The van der Waals surface area contributed by atoms with Crippen molar-refractivity contribution in [1.29, 1.82) is 0 Å².